The molecule has 9 nitrogen and oxygen atoms in total. The van der Waals surface area contributed by atoms with Gasteiger partial charge in [0.15, 0.2) is 5.13 Å². The van der Waals surface area contributed by atoms with Gasteiger partial charge in [-0.3, -0.25) is 19.5 Å². The lowest BCUT2D eigenvalue weighted by Gasteiger charge is -2.13. The van der Waals surface area contributed by atoms with Gasteiger partial charge in [0.1, 0.15) is 17.5 Å². The molecule has 10 heteroatoms. The molecule has 1 aliphatic rings. The molecule has 32 heavy (non-hydrogen) atoms. The van der Waals surface area contributed by atoms with E-state index in [1.807, 2.05) is 42.5 Å². The van der Waals surface area contributed by atoms with Crippen LogP contribution >= 0.6 is 11.3 Å². The predicted molar refractivity (Wildman–Crippen MR) is 119 cm³/mol. The summed E-state index contributed by atoms with van der Waals surface area (Å²) in [6, 6.07) is 11.5. The molecule has 0 aliphatic carbocycles. The molecule has 1 saturated heterocycles. The number of carbonyl (C=O) groups excluding carboxylic acids is 3. The van der Waals surface area contributed by atoms with Crippen molar-refractivity contribution in [3.63, 3.8) is 0 Å². The Hall–Kier alpha value is -3.79. The number of urea groups is 1. The van der Waals surface area contributed by atoms with Crippen molar-refractivity contribution in [2.24, 2.45) is 0 Å². The Kier molecular flexibility index (Phi) is 6.41. The number of imide groups is 1. The van der Waals surface area contributed by atoms with Crippen molar-refractivity contribution in [1.82, 2.24) is 20.2 Å². The molecule has 0 unspecified atom stereocenters. The summed E-state index contributed by atoms with van der Waals surface area (Å²) in [7, 11) is 1.59. The number of pyridine rings is 1. The fraction of sp³-hybridized carbons (Fsp3) is 0.227. The van der Waals surface area contributed by atoms with Crippen LogP contribution in [-0.2, 0) is 16.0 Å². The summed E-state index contributed by atoms with van der Waals surface area (Å²) in [4.78, 5) is 47.0. The molecule has 3 heterocycles. The van der Waals surface area contributed by atoms with Crippen molar-refractivity contribution in [1.29, 1.82) is 0 Å². The number of anilines is 1. The normalized spacial score (nSPS) is 15.5. The number of rotatable bonds is 8. The van der Waals surface area contributed by atoms with Crippen molar-refractivity contribution in [2.75, 3.05) is 19.0 Å². The van der Waals surface area contributed by atoms with Gasteiger partial charge in [0, 0.05) is 18.1 Å². The van der Waals surface area contributed by atoms with E-state index in [2.05, 4.69) is 20.6 Å². The molecule has 0 radical (unpaired) electrons. The largest absolute Gasteiger partial charge is 0.497 e. The maximum atomic E-state index is 12.6. The van der Waals surface area contributed by atoms with Crippen LogP contribution in [0.1, 0.15) is 12.0 Å². The number of carbonyl (C=O) groups is 3. The average Bonchev–Trinajstić information content (AvgIpc) is 3.37. The SMILES string of the molecule is COc1ccc(CCN2C(=O)N[C@@H](CC(=O)Nc3nc(-c4ccccn4)cs3)C2=O)cc1. The topological polar surface area (TPSA) is 114 Å². The number of nitrogens with one attached hydrogen (secondary N) is 2. The Morgan fingerprint density at radius 1 is 1.19 bits per heavy atom. The predicted octanol–water partition coefficient (Wildman–Crippen LogP) is 2.71. The highest BCUT2D eigenvalue weighted by atomic mass is 32.1. The maximum Gasteiger partial charge on any atom is 0.324 e. The second-order valence-electron chi connectivity index (χ2n) is 7.10. The van der Waals surface area contributed by atoms with Gasteiger partial charge in [0.25, 0.3) is 5.91 Å². The Morgan fingerprint density at radius 3 is 2.72 bits per heavy atom. The highest BCUT2D eigenvalue weighted by Gasteiger charge is 2.38. The third-order valence-corrected chi connectivity index (χ3v) is 5.72. The third kappa shape index (κ3) is 4.92. The second kappa shape index (κ2) is 9.56. The van der Waals surface area contributed by atoms with Crippen molar-refractivity contribution in [3.05, 3.63) is 59.6 Å². The van der Waals surface area contributed by atoms with Crippen LogP contribution in [0.25, 0.3) is 11.4 Å². The molecular formula is C22H21N5O4S. The van der Waals surface area contributed by atoms with Gasteiger partial charge in [0.2, 0.25) is 5.91 Å². The van der Waals surface area contributed by atoms with E-state index in [0.717, 1.165) is 16.2 Å². The van der Waals surface area contributed by atoms with Crippen LogP contribution in [0.2, 0.25) is 0 Å². The molecule has 164 valence electrons. The van der Waals surface area contributed by atoms with Gasteiger partial charge in [0.05, 0.1) is 19.2 Å². The number of hydrogen-bond acceptors (Lipinski definition) is 7. The van der Waals surface area contributed by atoms with Crippen molar-refractivity contribution < 1.29 is 19.1 Å². The Morgan fingerprint density at radius 2 is 2.00 bits per heavy atom. The van der Waals surface area contributed by atoms with Crippen molar-refractivity contribution in [2.45, 2.75) is 18.9 Å². The smallest absolute Gasteiger partial charge is 0.324 e. The molecule has 3 aromatic rings. The number of benzene rings is 1. The molecular weight excluding hydrogens is 430 g/mol. The number of hydrogen-bond donors (Lipinski definition) is 2. The summed E-state index contributed by atoms with van der Waals surface area (Å²) in [5.41, 5.74) is 2.33. The van der Waals surface area contributed by atoms with Gasteiger partial charge < -0.3 is 15.4 Å². The molecule has 2 aromatic heterocycles. The Balaban J connectivity index is 1.30. The first-order valence-electron chi connectivity index (χ1n) is 9.95. The fourth-order valence-electron chi connectivity index (χ4n) is 3.28. The van der Waals surface area contributed by atoms with E-state index in [4.69, 9.17) is 4.74 Å². The maximum absolute atomic E-state index is 12.6. The van der Waals surface area contributed by atoms with E-state index < -0.39 is 23.9 Å². The first kappa shape index (κ1) is 21.4. The highest BCUT2D eigenvalue weighted by Crippen LogP contribution is 2.23. The molecule has 1 aromatic carbocycles. The minimum atomic E-state index is -0.895. The van der Waals surface area contributed by atoms with Crippen molar-refractivity contribution in [3.8, 4) is 17.1 Å². The van der Waals surface area contributed by atoms with E-state index >= 15 is 0 Å². The van der Waals surface area contributed by atoms with E-state index in [-0.39, 0.29) is 13.0 Å². The molecule has 1 fully saturated rings. The van der Waals surface area contributed by atoms with E-state index in [0.29, 0.717) is 22.9 Å². The van der Waals surface area contributed by atoms with Gasteiger partial charge in [-0.2, -0.15) is 0 Å². The van der Waals surface area contributed by atoms with Crippen LogP contribution in [0.4, 0.5) is 9.93 Å². The number of nitrogens with zero attached hydrogens (tertiary/aromatic N) is 3. The number of aromatic nitrogens is 2. The van der Waals surface area contributed by atoms with E-state index in [9.17, 15) is 14.4 Å². The lowest BCUT2D eigenvalue weighted by Crippen LogP contribution is -2.34. The van der Waals surface area contributed by atoms with Crippen LogP contribution in [-0.4, -0.2) is 52.4 Å². The summed E-state index contributed by atoms with van der Waals surface area (Å²) in [5, 5.41) is 7.47. The average molecular weight is 452 g/mol. The molecule has 4 amide bonds. The lowest BCUT2D eigenvalue weighted by molar-refractivity contribution is -0.129. The summed E-state index contributed by atoms with van der Waals surface area (Å²) in [6.07, 6.45) is 2.02. The molecule has 4 rings (SSSR count). The zero-order valence-corrected chi connectivity index (χ0v) is 18.1. The van der Waals surface area contributed by atoms with E-state index in [1.54, 1.807) is 18.7 Å². The second-order valence-corrected chi connectivity index (χ2v) is 7.95. The number of thiazole rings is 1. The van der Waals surface area contributed by atoms with Crippen LogP contribution in [0, 0.1) is 0 Å². The molecule has 2 N–H and O–H groups in total. The van der Waals surface area contributed by atoms with Gasteiger partial charge in [-0.1, -0.05) is 18.2 Å². The number of methoxy groups -OCH3 is 1. The minimum Gasteiger partial charge on any atom is -0.497 e. The standard InChI is InChI=1S/C22H21N5O4S/c1-31-15-7-5-14(6-8-15)9-11-27-20(29)17(25-22(27)30)12-19(28)26-21-24-18(13-32-21)16-4-2-3-10-23-16/h2-8,10,13,17H,9,11-12H2,1H3,(H,25,30)(H,24,26,28)/t17-/m0/s1. The van der Waals surface area contributed by atoms with Crippen LogP contribution in [0.3, 0.4) is 0 Å². The molecule has 0 saturated carbocycles. The van der Waals surface area contributed by atoms with Crippen LogP contribution in [0.15, 0.2) is 54.0 Å². The molecule has 1 aliphatic heterocycles. The molecule has 0 bridgehead atoms. The van der Waals surface area contributed by atoms with Gasteiger partial charge in [-0.05, 0) is 36.2 Å². The Bertz CT molecular complexity index is 1120. The lowest BCUT2D eigenvalue weighted by atomic mass is 10.1. The molecule has 1 atom stereocenters. The van der Waals surface area contributed by atoms with Crippen LogP contribution < -0.4 is 15.4 Å². The summed E-state index contributed by atoms with van der Waals surface area (Å²) < 4.78 is 5.13. The number of ether oxygens (including phenoxy) is 1. The third-order valence-electron chi connectivity index (χ3n) is 4.96. The quantitative estimate of drug-likeness (QED) is 0.509. The fourth-order valence-corrected chi connectivity index (χ4v) is 4.00. The highest BCUT2D eigenvalue weighted by molar-refractivity contribution is 7.14. The minimum absolute atomic E-state index is 0.165. The Labute approximate surface area is 188 Å². The van der Waals surface area contributed by atoms with Gasteiger partial charge in [-0.15, -0.1) is 11.3 Å². The van der Waals surface area contributed by atoms with E-state index in [1.165, 1.54) is 11.3 Å². The first-order chi connectivity index (χ1) is 15.5. The zero-order chi connectivity index (χ0) is 22.5. The first-order valence-corrected chi connectivity index (χ1v) is 10.8. The summed E-state index contributed by atoms with van der Waals surface area (Å²) in [5.74, 6) is -0.0725. The zero-order valence-electron chi connectivity index (χ0n) is 17.3. The monoisotopic (exact) mass is 451 g/mol. The number of amides is 4. The van der Waals surface area contributed by atoms with Gasteiger partial charge in [-0.25, -0.2) is 9.78 Å². The summed E-state index contributed by atoms with van der Waals surface area (Å²) >= 11 is 1.27. The summed E-state index contributed by atoms with van der Waals surface area (Å²) in [6.45, 7) is 0.231. The van der Waals surface area contributed by atoms with Crippen molar-refractivity contribution >= 4 is 34.3 Å². The molecule has 0 spiro atoms. The van der Waals surface area contributed by atoms with Crippen LogP contribution in [0.5, 0.6) is 5.75 Å². The van der Waals surface area contributed by atoms with Gasteiger partial charge >= 0.3 is 6.03 Å².